The fourth-order valence-electron chi connectivity index (χ4n) is 1.41. The number of hydrogen-bond acceptors (Lipinski definition) is 4. The van der Waals surface area contributed by atoms with Gasteiger partial charge in [-0.3, -0.25) is 0 Å². The molecule has 0 aliphatic carbocycles. The molecule has 0 aliphatic rings. The molecule has 1 aromatic rings. The highest BCUT2D eigenvalue weighted by molar-refractivity contribution is 9.10. The maximum Gasteiger partial charge on any atom is 0.133 e. The lowest BCUT2D eigenvalue weighted by atomic mass is 10.0. The molecule has 1 aromatic carbocycles. The van der Waals surface area contributed by atoms with E-state index in [1.54, 1.807) is 32.4 Å². The van der Waals surface area contributed by atoms with Gasteiger partial charge in [-0.2, -0.15) is 0 Å². The molecule has 0 amide bonds. The highest BCUT2D eigenvalue weighted by atomic mass is 79.9. The molecule has 0 saturated heterocycles. The zero-order chi connectivity index (χ0) is 12.1. The van der Waals surface area contributed by atoms with Crippen LogP contribution in [0.25, 0.3) is 0 Å². The van der Waals surface area contributed by atoms with Gasteiger partial charge in [0, 0.05) is 6.54 Å². The van der Waals surface area contributed by atoms with Gasteiger partial charge in [-0.15, -0.1) is 0 Å². The quantitative estimate of drug-likeness (QED) is 0.759. The Morgan fingerprint density at radius 2 is 2.12 bits per heavy atom. The molecule has 0 radical (unpaired) electrons. The number of methoxy groups -OCH3 is 1. The molecule has 0 spiro atoms. The maximum atomic E-state index is 9.86. The first-order valence-electron chi connectivity index (χ1n) is 4.94. The number of hydrogen-bond donors (Lipinski definition) is 3. The number of likely N-dealkylation sites (N-methyl/N-ethyl adjacent to an activating group) is 1. The van der Waals surface area contributed by atoms with Crippen molar-refractivity contribution in [2.45, 2.75) is 12.2 Å². The number of rotatable bonds is 5. The van der Waals surface area contributed by atoms with Gasteiger partial charge in [0.2, 0.25) is 0 Å². The van der Waals surface area contributed by atoms with E-state index in [-0.39, 0.29) is 0 Å². The fraction of sp³-hybridized carbons (Fsp3) is 0.455. The van der Waals surface area contributed by atoms with Crippen LogP contribution in [0.1, 0.15) is 11.7 Å². The van der Waals surface area contributed by atoms with Crippen LogP contribution in [0.4, 0.5) is 0 Å². The fourth-order valence-corrected chi connectivity index (χ4v) is 1.97. The van der Waals surface area contributed by atoms with Gasteiger partial charge in [-0.1, -0.05) is 6.07 Å². The van der Waals surface area contributed by atoms with Crippen molar-refractivity contribution in [3.05, 3.63) is 28.2 Å². The van der Waals surface area contributed by atoms with Gasteiger partial charge in [-0.05, 0) is 40.7 Å². The molecule has 3 N–H and O–H groups in total. The zero-order valence-electron chi connectivity index (χ0n) is 9.27. The van der Waals surface area contributed by atoms with Crippen molar-refractivity contribution >= 4 is 15.9 Å². The average Bonchev–Trinajstić information content (AvgIpc) is 2.28. The minimum absolute atomic E-state index is 0.338. The number of halogens is 1. The molecular weight excluding hydrogens is 274 g/mol. The van der Waals surface area contributed by atoms with Crippen LogP contribution in [0.2, 0.25) is 0 Å². The number of benzene rings is 1. The lowest BCUT2D eigenvalue weighted by Crippen LogP contribution is -2.29. The Bertz CT molecular complexity index is 346. The third kappa shape index (κ3) is 3.18. The van der Waals surface area contributed by atoms with Crippen molar-refractivity contribution in [3.63, 3.8) is 0 Å². The van der Waals surface area contributed by atoms with Crippen LogP contribution in [0.5, 0.6) is 5.75 Å². The van der Waals surface area contributed by atoms with Gasteiger partial charge in [0.1, 0.15) is 11.9 Å². The summed E-state index contributed by atoms with van der Waals surface area (Å²) in [5.74, 6) is 0.694. The first-order chi connectivity index (χ1) is 7.60. The Labute approximate surface area is 103 Å². The molecule has 0 saturated carbocycles. The summed E-state index contributed by atoms with van der Waals surface area (Å²) < 4.78 is 5.84. The molecule has 0 heterocycles. The van der Waals surface area contributed by atoms with Crippen LogP contribution in [0, 0.1) is 0 Å². The second-order valence-corrected chi connectivity index (χ2v) is 4.32. The van der Waals surface area contributed by atoms with Gasteiger partial charge in [0.25, 0.3) is 0 Å². The summed E-state index contributed by atoms with van der Waals surface area (Å²) in [6.45, 7) is 0.338. The van der Waals surface area contributed by atoms with Crippen LogP contribution < -0.4 is 10.1 Å². The van der Waals surface area contributed by atoms with Crippen molar-refractivity contribution < 1.29 is 14.9 Å². The highest BCUT2D eigenvalue weighted by Crippen LogP contribution is 2.28. The first-order valence-corrected chi connectivity index (χ1v) is 5.73. The van der Waals surface area contributed by atoms with Crippen molar-refractivity contribution in [2.75, 3.05) is 20.7 Å². The molecule has 0 bridgehead atoms. The van der Waals surface area contributed by atoms with Crippen molar-refractivity contribution in [1.29, 1.82) is 0 Å². The van der Waals surface area contributed by atoms with Gasteiger partial charge in [0.05, 0.1) is 17.7 Å². The van der Waals surface area contributed by atoms with E-state index in [1.807, 2.05) is 0 Å². The van der Waals surface area contributed by atoms with Crippen LogP contribution in [-0.2, 0) is 0 Å². The summed E-state index contributed by atoms with van der Waals surface area (Å²) >= 11 is 3.33. The summed E-state index contributed by atoms with van der Waals surface area (Å²) in [5, 5.41) is 22.3. The Balaban J connectivity index is 2.84. The molecule has 16 heavy (non-hydrogen) atoms. The van der Waals surface area contributed by atoms with E-state index >= 15 is 0 Å². The first kappa shape index (κ1) is 13.4. The van der Waals surface area contributed by atoms with E-state index in [4.69, 9.17) is 4.74 Å². The molecule has 0 aliphatic heterocycles. The molecule has 0 aromatic heterocycles. The second kappa shape index (κ2) is 6.20. The largest absolute Gasteiger partial charge is 0.496 e. The molecule has 1 rings (SSSR count). The summed E-state index contributed by atoms with van der Waals surface area (Å²) in [5.41, 5.74) is 0.649. The van der Waals surface area contributed by atoms with Crippen molar-refractivity contribution in [1.82, 2.24) is 5.32 Å². The third-order valence-electron chi connectivity index (χ3n) is 2.30. The molecule has 2 atom stereocenters. The summed E-state index contributed by atoms with van der Waals surface area (Å²) in [6, 6.07) is 5.21. The number of ether oxygens (including phenoxy) is 1. The molecular formula is C11H16BrNO3. The van der Waals surface area contributed by atoms with Crippen LogP contribution in [-0.4, -0.2) is 37.0 Å². The van der Waals surface area contributed by atoms with Crippen LogP contribution in [0.3, 0.4) is 0 Å². The van der Waals surface area contributed by atoms with Crippen molar-refractivity contribution in [3.8, 4) is 5.75 Å². The standard InChI is InChI=1S/C11H16BrNO3/c1-13-6-9(14)11(15)7-3-4-10(16-2)8(12)5-7/h3-5,9,11,13-15H,6H2,1-2H3. The third-order valence-corrected chi connectivity index (χ3v) is 2.91. The molecule has 5 heteroatoms. The Hall–Kier alpha value is -0.620. The average molecular weight is 290 g/mol. The smallest absolute Gasteiger partial charge is 0.133 e. The summed E-state index contributed by atoms with van der Waals surface area (Å²) in [4.78, 5) is 0. The Kier molecular flexibility index (Phi) is 5.21. The van der Waals surface area contributed by atoms with Crippen LogP contribution in [0.15, 0.2) is 22.7 Å². The lowest BCUT2D eigenvalue weighted by Gasteiger charge is -2.18. The van der Waals surface area contributed by atoms with Crippen molar-refractivity contribution in [2.24, 2.45) is 0 Å². The topological polar surface area (TPSA) is 61.7 Å². The molecule has 0 fully saturated rings. The van der Waals surface area contributed by atoms with E-state index in [9.17, 15) is 10.2 Å². The normalized spacial score (nSPS) is 14.6. The van der Waals surface area contributed by atoms with E-state index in [0.29, 0.717) is 17.9 Å². The zero-order valence-corrected chi connectivity index (χ0v) is 10.9. The van der Waals surface area contributed by atoms with E-state index in [1.165, 1.54) is 0 Å². The summed E-state index contributed by atoms with van der Waals surface area (Å²) in [6.07, 6.45) is -1.74. The lowest BCUT2D eigenvalue weighted by molar-refractivity contribution is 0.0202. The SMILES string of the molecule is CNCC(O)C(O)c1ccc(OC)c(Br)c1. The van der Waals surface area contributed by atoms with Gasteiger partial charge in [0.15, 0.2) is 0 Å². The van der Waals surface area contributed by atoms with E-state index in [2.05, 4.69) is 21.2 Å². The van der Waals surface area contributed by atoms with Crippen LogP contribution >= 0.6 is 15.9 Å². The van der Waals surface area contributed by atoms with Gasteiger partial charge in [-0.25, -0.2) is 0 Å². The minimum atomic E-state index is -0.908. The Morgan fingerprint density at radius 1 is 1.44 bits per heavy atom. The minimum Gasteiger partial charge on any atom is -0.496 e. The Morgan fingerprint density at radius 3 is 2.62 bits per heavy atom. The monoisotopic (exact) mass is 289 g/mol. The van der Waals surface area contributed by atoms with E-state index < -0.39 is 12.2 Å². The molecule has 4 nitrogen and oxygen atoms in total. The van der Waals surface area contributed by atoms with Gasteiger partial charge < -0.3 is 20.3 Å². The number of aliphatic hydroxyl groups is 2. The number of nitrogens with one attached hydrogen (secondary N) is 1. The number of aliphatic hydroxyl groups excluding tert-OH is 2. The molecule has 90 valence electrons. The predicted molar refractivity (Wildman–Crippen MR) is 65.6 cm³/mol. The highest BCUT2D eigenvalue weighted by Gasteiger charge is 2.18. The predicted octanol–water partition coefficient (Wildman–Crippen LogP) is 1.07. The van der Waals surface area contributed by atoms with E-state index in [0.717, 1.165) is 4.47 Å². The van der Waals surface area contributed by atoms with Gasteiger partial charge >= 0.3 is 0 Å². The molecule has 2 unspecified atom stereocenters. The maximum absolute atomic E-state index is 9.86. The second-order valence-electron chi connectivity index (χ2n) is 3.46. The summed E-state index contributed by atoms with van der Waals surface area (Å²) in [7, 11) is 3.30.